The SMILES string of the molecule is CC(C)=CC(=O)NCc1ccc(C(N)=O)cc1. The minimum Gasteiger partial charge on any atom is -0.366 e. The highest BCUT2D eigenvalue weighted by molar-refractivity contribution is 5.92. The van der Waals surface area contributed by atoms with Crippen molar-refractivity contribution >= 4 is 11.8 Å². The number of nitrogens with one attached hydrogen (secondary N) is 1. The van der Waals surface area contributed by atoms with Crippen LogP contribution in [0.15, 0.2) is 35.9 Å². The van der Waals surface area contributed by atoms with E-state index in [1.807, 2.05) is 13.8 Å². The fourth-order valence-electron chi connectivity index (χ4n) is 1.29. The van der Waals surface area contributed by atoms with Crippen molar-refractivity contribution in [2.24, 2.45) is 5.73 Å². The molecule has 0 aliphatic rings. The smallest absolute Gasteiger partial charge is 0.248 e. The quantitative estimate of drug-likeness (QED) is 0.769. The molecule has 0 aliphatic carbocycles. The van der Waals surface area contributed by atoms with Crippen molar-refractivity contribution in [3.8, 4) is 0 Å². The van der Waals surface area contributed by atoms with Crippen LogP contribution in [0.4, 0.5) is 0 Å². The van der Waals surface area contributed by atoms with Gasteiger partial charge in [0, 0.05) is 18.2 Å². The molecule has 1 rings (SSSR count). The van der Waals surface area contributed by atoms with Crippen molar-refractivity contribution in [2.75, 3.05) is 0 Å². The molecule has 0 unspecified atom stereocenters. The van der Waals surface area contributed by atoms with Crippen molar-refractivity contribution < 1.29 is 9.59 Å². The number of hydrogen-bond acceptors (Lipinski definition) is 2. The molecule has 3 N–H and O–H groups in total. The summed E-state index contributed by atoms with van der Waals surface area (Å²) in [4.78, 5) is 22.2. The molecule has 0 heterocycles. The van der Waals surface area contributed by atoms with Gasteiger partial charge in [0.15, 0.2) is 0 Å². The third-order valence-electron chi connectivity index (χ3n) is 2.12. The molecule has 90 valence electrons. The summed E-state index contributed by atoms with van der Waals surface area (Å²) in [5.74, 6) is -0.575. The van der Waals surface area contributed by atoms with Crippen molar-refractivity contribution in [3.63, 3.8) is 0 Å². The van der Waals surface area contributed by atoms with Crippen LogP contribution >= 0.6 is 0 Å². The van der Waals surface area contributed by atoms with Gasteiger partial charge in [0.25, 0.3) is 0 Å². The summed E-state index contributed by atoms with van der Waals surface area (Å²) in [6, 6.07) is 6.82. The first kappa shape index (κ1) is 13.0. The second-order valence-corrected chi connectivity index (χ2v) is 4.00. The van der Waals surface area contributed by atoms with Crippen LogP contribution in [0, 0.1) is 0 Å². The summed E-state index contributed by atoms with van der Waals surface area (Å²) in [5.41, 5.74) is 7.46. The fraction of sp³-hybridized carbons (Fsp3) is 0.231. The molecule has 4 nitrogen and oxygen atoms in total. The van der Waals surface area contributed by atoms with E-state index in [1.165, 1.54) is 6.08 Å². The van der Waals surface area contributed by atoms with E-state index in [9.17, 15) is 9.59 Å². The third-order valence-corrected chi connectivity index (χ3v) is 2.12. The third kappa shape index (κ3) is 4.51. The Bertz CT molecular complexity index is 443. The molecule has 0 bridgehead atoms. The van der Waals surface area contributed by atoms with Crippen LogP contribution in [0.5, 0.6) is 0 Å². The van der Waals surface area contributed by atoms with E-state index in [0.717, 1.165) is 11.1 Å². The maximum Gasteiger partial charge on any atom is 0.248 e. The van der Waals surface area contributed by atoms with E-state index in [0.29, 0.717) is 12.1 Å². The number of carbonyl (C=O) groups excluding carboxylic acids is 2. The van der Waals surface area contributed by atoms with Gasteiger partial charge in [0.2, 0.25) is 11.8 Å². The summed E-state index contributed by atoms with van der Waals surface area (Å²) < 4.78 is 0. The molecule has 4 heteroatoms. The number of nitrogens with two attached hydrogens (primary N) is 1. The molecule has 0 saturated heterocycles. The van der Waals surface area contributed by atoms with Crippen LogP contribution in [0.2, 0.25) is 0 Å². The Morgan fingerprint density at radius 1 is 1.24 bits per heavy atom. The van der Waals surface area contributed by atoms with Gasteiger partial charge < -0.3 is 11.1 Å². The van der Waals surface area contributed by atoms with Gasteiger partial charge in [0.05, 0.1) is 0 Å². The van der Waals surface area contributed by atoms with Gasteiger partial charge in [0.1, 0.15) is 0 Å². The summed E-state index contributed by atoms with van der Waals surface area (Å²) in [6.07, 6.45) is 1.54. The van der Waals surface area contributed by atoms with Crippen LogP contribution in [0.3, 0.4) is 0 Å². The number of benzene rings is 1. The Morgan fingerprint density at radius 2 is 1.82 bits per heavy atom. The van der Waals surface area contributed by atoms with E-state index in [4.69, 9.17) is 5.73 Å². The largest absolute Gasteiger partial charge is 0.366 e. The van der Waals surface area contributed by atoms with Gasteiger partial charge >= 0.3 is 0 Å². The monoisotopic (exact) mass is 232 g/mol. The normalized spacial score (nSPS) is 9.53. The number of carbonyl (C=O) groups is 2. The standard InChI is InChI=1S/C13H16N2O2/c1-9(2)7-12(16)15-8-10-3-5-11(6-4-10)13(14)17/h3-7H,8H2,1-2H3,(H2,14,17)(H,15,16). The summed E-state index contributed by atoms with van der Waals surface area (Å²) in [6.45, 7) is 4.16. The van der Waals surface area contributed by atoms with E-state index < -0.39 is 5.91 Å². The van der Waals surface area contributed by atoms with Gasteiger partial charge in [-0.05, 0) is 31.5 Å². The molecule has 0 spiro atoms. The Morgan fingerprint density at radius 3 is 2.29 bits per heavy atom. The second kappa shape index (κ2) is 5.84. The van der Waals surface area contributed by atoms with E-state index in [2.05, 4.69) is 5.32 Å². The number of hydrogen-bond donors (Lipinski definition) is 2. The molecule has 0 radical (unpaired) electrons. The van der Waals surface area contributed by atoms with Crippen LogP contribution in [0.25, 0.3) is 0 Å². The van der Waals surface area contributed by atoms with E-state index in [-0.39, 0.29) is 5.91 Å². The molecular weight excluding hydrogens is 216 g/mol. The molecule has 0 saturated carbocycles. The lowest BCUT2D eigenvalue weighted by molar-refractivity contribution is -0.116. The fourth-order valence-corrected chi connectivity index (χ4v) is 1.29. The van der Waals surface area contributed by atoms with Gasteiger partial charge in [-0.3, -0.25) is 9.59 Å². The van der Waals surface area contributed by atoms with Crippen LogP contribution in [-0.4, -0.2) is 11.8 Å². The highest BCUT2D eigenvalue weighted by Crippen LogP contribution is 2.03. The Kier molecular flexibility index (Phi) is 4.46. The van der Waals surface area contributed by atoms with Crippen molar-refractivity contribution in [3.05, 3.63) is 47.0 Å². The highest BCUT2D eigenvalue weighted by Gasteiger charge is 2.00. The summed E-state index contributed by atoms with van der Waals surface area (Å²) in [7, 11) is 0. The number of rotatable bonds is 4. The first-order valence-corrected chi connectivity index (χ1v) is 5.30. The number of allylic oxidation sites excluding steroid dienone is 1. The molecule has 0 atom stereocenters. The molecule has 1 aromatic rings. The Labute approximate surface area is 101 Å². The zero-order valence-electron chi connectivity index (χ0n) is 9.99. The topological polar surface area (TPSA) is 72.2 Å². The lowest BCUT2D eigenvalue weighted by Crippen LogP contribution is -2.20. The minimum absolute atomic E-state index is 0.121. The van der Waals surface area contributed by atoms with Crippen LogP contribution in [0.1, 0.15) is 29.8 Å². The molecule has 17 heavy (non-hydrogen) atoms. The second-order valence-electron chi connectivity index (χ2n) is 4.00. The molecule has 1 aromatic carbocycles. The maximum atomic E-state index is 11.3. The van der Waals surface area contributed by atoms with Crippen molar-refractivity contribution in [1.82, 2.24) is 5.32 Å². The summed E-state index contributed by atoms with van der Waals surface area (Å²) in [5, 5.41) is 2.75. The average Bonchev–Trinajstić information content (AvgIpc) is 2.26. The predicted molar refractivity (Wildman–Crippen MR) is 66.2 cm³/mol. The number of amides is 2. The lowest BCUT2D eigenvalue weighted by Gasteiger charge is -2.03. The Hall–Kier alpha value is -2.10. The van der Waals surface area contributed by atoms with Gasteiger partial charge in [-0.25, -0.2) is 0 Å². The molecule has 0 fully saturated rings. The average molecular weight is 232 g/mol. The van der Waals surface area contributed by atoms with Crippen molar-refractivity contribution in [1.29, 1.82) is 0 Å². The highest BCUT2D eigenvalue weighted by atomic mass is 16.1. The molecular formula is C13H16N2O2. The van der Waals surface area contributed by atoms with Crippen molar-refractivity contribution in [2.45, 2.75) is 20.4 Å². The minimum atomic E-state index is -0.454. The first-order chi connectivity index (χ1) is 7.99. The molecule has 0 aromatic heterocycles. The zero-order chi connectivity index (χ0) is 12.8. The molecule has 0 aliphatic heterocycles. The maximum absolute atomic E-state index is 11.3. The van der Waals surface area contributed by atoms with Crippen LogP contribution in [-0.2, 0) is 11.3 Å². The van der Waals surface area contributed by atoms with Gasteiger partial charge in [-0.2, -0.15) is 0 Å². The van der Waals surface area contributed by atoms with Gasteiger partial charge in [-0.1, -0.05) is 17.7 Å². The predicted octanol–water partition coefficient (Wildman–Crippen LogP) is 1.37. The number of primary amides is 1. The molecule has 2 amide bonds. The lowest BCUT2D eigenvalue weighted by atomic mass is 10.1. The van der Waals surface area contributed by atoms with Gasteiger partial charge in [-0.15, -0.1) is 0 Å². The van der Waals surface area contributed by atoms with E-state index >= 15 is 0 Å². The van der Waals surface area contributed by atoms with Crippen LogP contribution < -0.4 is 11.1 Å². The first-order valence-electron chi connectivity index (χ1n) is 5.30. The summed E-state index contributed by atoms with van der Waals surface area (Å²) >= 11 is 0. The Balaban J connectivity index is 2.56. The zero-order valence-corrected chi connectivity index (χ0v) is 9.99. The van der Waals surface area contributed by atoms with E-state index in [1.54, 1.807) is 24.3 Å².